The van der Waals surface area contributed by atoms with Crippen LogP contribution in [-0.4, -0.2) is 21.3 Å². The zero-order valence-corrected chi connectivity index (χ0v) is 9.13. The summed E-state index contributed by atoms with van der Waals surface area (Å²) in [4.78, 5) is 10.6. The second kappa shape index (κ2) is 5.99. The molecule has 0 fully saturated rings. The molecule has 0 radical (unpaired) electrons. The van der Waals surface area contributed by atoms with Gasteiger partial charge in [-0.15, -0.1) is 0 Å². The number of nitrogens with zero attached hydrogens (tertiary/aromatic N) is 1. The molecule has 5 nitrogen and oxygen atoms in total. The molecule has 0 aliphatic rings. The average molecular weight is 235 g/mol. The topological polar surface area (TPSA) is 102 Å². The van der Waals surface area contributed by atoms with Crippen molar-refractivity contribution in [1.82, 2.24) is 0 Å². The van der Waals surface area contributed by atoms with E-state index in [9.17, 15) is 9.90 Å². The lowest BCUT2D eigenvalue weighted by atomic mass is 9.98. The van der Waals surface area contributed by atoms with Crippen LogP contribution < -0.4 is 0 Å². The van der Waals surface area contributed by atoms with Crippen molar-refractivity contribution in [3.63, 3.8) is 0 Å². The summed E-state index contributed by atoms with van der Waals surface area (Å²) in [7, 11) is 0. The van der Waals surface area contributed by atoms with Crippen LogP contribution in [0.3, 0.4) is 0 Å². The van der Waals surface area contributed by atoms with Crippen molar-refractivity contribution in [2.45, 2.75) is 25.6 Å². The number of benzene rings is 1. The van der Waals surface area contributed by atoms with Crippen molar-refractivity contribution >= 4 is 5.97 Å². The monoisotopic (exact) mass is 235 g/mol. The minimum Gasteiger partial charge on any atom is -0.479 e. The van der Waals surface area contributed by atoms with E-state index >= 15 is 0 Å². The lowest BCUT2D eigenvalue weighted by Gasteiger charge is -2.11. The Balaban J connectivity index is 3.00. The number of aliphatic carboxylic acids is 1. The Morgan fingerprint density at radius 3 is 2.65 bits per heavy atom. The van der Waals surface area contributed by atoms with Gasteiger partial charge in [0.15, 0.2) is 6.10 Å². The maximum absolute atomic E-state index is 10.6. The first-order valence-electron chi connectivity index (χ1n) is 5.10. The fourth-order valence-corrected chi connectivity index (χ4v) is 1.54. The highest BCUT2D eigenvalue weighted by atomic mass is 16.4. The molecular formula is C12H13NO4. The Morgan fingerprint density at radius 1 is 1.41 bits per heavy atom. The van der Waals surface area contributed by atoms with Crippen LogP contribution in [0.15, 0.2) is 18.2 Å². The summed E-state index contributed by atoms with van der Waals surface area (Å²) in [6, 6.07) is 6.57. The van der Waals surface area contributed by atoms with Crippen molar-refractivity contribution in [2.75, 3.05) is 0 Å². The van der Waals surface area contributed by atoms with Crippen LogP contribution >= 0.6 is 0 Å². The molecule has 17 heavy (non-hydrogen) atoms. The van der Waals surface area contributed by atoms with Gasteiger partial charge in [-0.1, -0.05) is 18.2 Å². The van der Waals surface area contributed by atoms with Gasteiger partial charge in [0.1, 0.15) is 0 Å². The van der Waals surface area contributed by atoms with E-state index in [2.05, 4.69) is 0 Å². The van der Waals surface area contributed by atoms with Gasteiger partial charge in [0.2, 0.25) is 0 Å². The molecule has 0 amide bonds. The molecular weight excluding hydrogens is 222 g/mol. The maximum Gasteiger partial charge on any atom is 0.337 e. The lowest BCUT2D eigenvalue weighted by molar-refractivity contribution is -0.146. The molecule has 0 bridgehead atoms. The highest BCUT2D eigenvalue weighted by Gasteiger charge is 2.16. The van der Waals surface area contributed by atoms with E-state index in [0.29, 0.717) is 18.4 Å². The molecule has 0 spiro atoms. The van der Waals surface area contributed by atoms with E-state index in [1.54, 1.807) is 6.07 Å². The van der Waals surface area contributed by atoms with E-state index in [1.165, 1.54) is 12.1 Å². The molecule has 0 heterocycles. The molecule has 0 aliphatic carbocycles. The Hall–Kier alpha value is -1.90. The molecule has 90 valence electrons. The molecule has 5 heteroatoms. The quantitative estimate of drug-likeness (QED) is 0.699. The van der Waals surface area contributed by atoms with E-state index in [1.807, 2.05) is 6.07 Å². The van der Waals surface area contributed by atoms with Crippen molar-refractivity contribution < 1.29 is 20.1 Å². The largest absolute Gasteiger partial charge is 0.479 e. The normalized spacial score (nSPS) is 11.8. The Kier molecular flexibility index (Phi) is 4.64. The van der Waals surface area contributed by atoms with Gasteiger partial charge >= 0.3 is 5.97 Å². The molecule has 3 N–H and O–H groups in total. The molecule has 1 atom stereocenters. The third-order valence-electron chi connectivity index (χ3n) is 2.46. The second-order valence-electron chi connectivity index (χ2n) is 3.59. The Morgan fingerprint density at radius 2 is 2.12 bits per heavy atom. The van der Waals surface area contributed by atoms with Gasteiger partial charge in [-0.3, -0.25) is 0 Å². The molecule has 0 saturated heterocycles. The third-order valence-corrected chi connectivity index (χ3v) is 2.46. The van der Waals surface area contributed by atoms with Gasteiger partial charge < -0.3 is 15.3 Å². The highest BCUT2D eigenvalue weighted by molar-refractivity contribution is 5.74. The first-order chi connectivity index (χ1) is 8.10. The fourth-order valence-electron chi connectivity index (χ4n) is 1.54. The summed E-state index contributed by atoms with van der Waals surface area (Å²) in [6.45, 7) is -0.249. The number of carbonyl (C=O) groups is 1. The lowest BCUT2D eigenvalue weighted by Crippen LogP contribution is -2.11. The summed E-state index contributed by atoms with van der Waals surface area (Å²) in [5.41, 5.74) is 1.55. The summed E-state index contributed by atoms with van der Waals surface area (Å²) in [5.74, 6) is -1.33. The predicted molar refractivity (Wildman–Crippen MR) is 58.9 cm³/mol. The van der Waals surface area contributed by atoms with Gasteiger partial charge in [0.05, 0.1) is 12.7 Å². The summed E-state index contributed by atoms with van der Waals surface area (Å²) in [5, 5.41) is 35.6. The third kappa shape index (κ3) is 3.28. The molecule has 1 aromatic rings. The SMILES string of the molecule is N#CCCc1ccc(C(O)C(=O)O)cc1CO. The predicted octanol–water partition coefficient (Wildman–Crippen LogP) is 0.753. The number of aryl methyl sites for hydroxylation is 1. The van der Waals surface area contributed by atoms with Gasteiger partial charge in [-0.25, -0.2) is 4.79 Å². The van der Waals surface area contributed by atoms with Gasteiger partial charge in [0, 0.05) is 6.42 Å². The number of carboxylic acid groups (broad SMARTS) is 1. The molecule has 1 rings (SSSR count). The number of aliphatic hydroxyl groups excluding tert-OH is 2. The standard InChI is InChI=1S/C12H13NO4/c13-5-1-2-8-3-4-9(6-10(8)7-14)11(15)12(16)17/h3-4,6,11,14-15H,1-2,7H2,(H,16,17). The zero-order valence-electron chi connectivity index (χ0n) is 9.13. The number of rotatable bonds is 5. The van der Waals surface area contributed by atoms with Crippen LogP contribution in [0.25, 0.3) is 0 Å². The van der Waals surface area contributed by atoms with Crippen LogP contribution in [0.5, 0.6) is 0 Å². The molecule has 0 aromatic heterocycles. The molecule has 0 aliphatic heterocycles. The van der Waals surface area contributed by atoms with Crippen molar-refractivity contribution in [2.24, 2.45) is 0 Å². The minimum absolute atomic E-state index is 0.224. The molecule has 1 aromatic carbocycles. The zero-order chi connectivity index (χ0) is 12.8. The fraction of sp³-hybridized carbons (Fsp3) is 0.333. The summed E-state index contributed by atoms with van der Waals surface area (Å²) >= 11 is 0. The first-order valence-corrected chi connectivity index (χ1v) is 5.10. The van der Waals surface area contributed by atoms with E-state index < -0.39 is 12.1 Å². The highest BCUT2D eigenvalue weighted by Crippen LogP contribution is 2.19. The Bertz CT molecular complexity index is 450. The van der Waals surface area contributed by atoms with Crippen molar-refractivity contribution in [1.29, 1.82) is 5.26 Å². The van der Waals surface area contributed by atoms with Gasteiger partial charge in [-0.05, 0) is 23.1 Å². The summed E-state index contributed by atoms with van der Waals surface area (Å²) in [6.07, 6.45) is -0.769. The minimum atomic E-state index is -1.59. The van der Waals surface area contributed by atoms with Gasteiger partial charge in [-0.2, -0.15) is 5.26 Å². The smallest absolute Gasteiger partial charge is 0.337 e. The molecule has 1 unspecified atom stereocenters. The maximum atomic E-state index is 10.6. The average Bonchev–Trinajstić information content (AvgIpc) is 2.35. The number of nitriles is 1. The first kappa shape index (κ1) is 13.2. The number of hydrogen-bond acceptors (Lipinski definition) is 4. The van der Waals surface area contributed by atoms with E-state index in [4.69, 9.17) is 15.5 Å². The van der Waals surface area contributed by atoms with Crippen molar-refractivity contribution in [3.8, 4) is 6.07 Å². The van der Waals surface area contributed by atoms with Crippen LogP contribution in [0.1, 0.15) is 29.2 Å². The second-order valence-corrected chi connectivity index (χ2v) is 3.59. The molecule has 0 saturated carbocycles. The van der Waals surface area contributed by atoms with Crippen molar-refractivity contribution in [3.05, 3.63) is 34.9 Å². The van der Waals surface area contributed by atoms with Gasteiger partial charge in [0.25, 0.3) is 0 Å². The Labute approximate surface area is 98.6 Å². The van der Waals surface area contributed by atoms with Crippen LogP contribution in [-0.2, 0) is 17.8 Å². The van der Waals surface area contributed by atoms with E-state index in [0.717, 1.165) is 5.56 Å². The van der Waals surface area contributed by atoms with Crippen LogP contribution in [0.2, 0.25) is 0 Å². The number of hydrogen-bond donors (Lipinski definition) is 3. The number of aliphatic hydroxyl groups is 2. The number of carboxylic acids is 1. The van der Waals surface area contributed by atoms with Crippen LogP contribution in [0, 0.1) is 11.3 Å². The summed E-state index contributed by atoms with van der Waals surface area (Å²) < 4.78 is 0. The van der Waals surface area contributed by atoms with E-state index in [-0.39, 0.29) is 12.2 Å². The van der Waals surface area contributed by atoms with Crippen LogP contribution in [0.4, 0.5) is 0 Å².